The lowest BCUT2D eigenvalue weighted by atomic mass is 9.78. The Kier molecular flexibility index (Phi) is 6.74. The van der Waals surface area contributed by atoms with E-state index in [9.17, 15) is 9.18 Å². The van der Waals surface area contributed by atoms with Gasteiger partial charge in [-0.3, -0.25) is 4.79 Å². The number of carbonyl (C=O) groups excluding carboxylic acids is 1. The summed E-state index contributed by atoms with van der Waals surface area (Å²) in [4.78, 5) is 12.9. The van der Waals surface area contributed by atoms with E-state index in [1.807, 2.05) is 13.8 Å². The largest absolute Gasteiger partial charge is 0.392 e. The Balaban J connectivity index is 3.08. The van der Waals surface area contributed by atoms with Gasteiger partial charge in [0, 0.05) is 4.47 Å². The molecular weight excluding hydrogens is 355 g/mol. The Labute approximate surface area is 138 Å². The van der Waals surface area contributed by atoms with E-state index in [1.54, 1.807) is 0 Å². The molecule has 3 nitrogen and oxygen atoms in total. The third-order valence-corrected chi connectivity index (χ3v) is 4.49. The minimum Gasteiger partial charge on any atom is -0.392 e. The first-order valence-corrected chi connectivity index (χ1v) is 8.14. The van der Waals surface area contributed by atoms with Gasteiger partial charge in [-0.05, 0) is 47.0 Å². The molecule has 0 unspecified atom stereocenters. The van der Waals surface area contributed by atoms with Crippen molar-refractivity contribution in [3.63, 3.8) is 0 Å². The topological polar surface area (TPSA) is 55.1 Å². The summed E-state index contributed by atoms with van der Waals surface area (Å²) in [6, 6.07) is 4.11. The number of hydrogen-bond acceptors (Lipinski definition) is 2. The van der Waals surface area contributed by atoms with Crippen LogP contribution in [0.15, 0.2) is 22.7 Å². The first-order valence-electron chi connectivity index (χ1n) is 6.93. The third-order valence-electron chi connectivity index (χ3n) is 3.44. The number of benzene rings is 1. The summed E-state index contributed by atoms with van der Waals surface area (Å²) in [6.45, 7) is 3.98. The van der Waals surface area contributed by atoms with Crippen LogP contribution in [0.5, 0.6) is 0 Å². The van der Waals surface area contributed by atoms with E-state index < -0.39 is 5.41 Å². The highest BCUT2D eigenvalue weighted by Gasteiger charge is 2.40. The second kappa shape index (κ2) is 7.84. The van der Waals surface area contributed by atoms with Crippen LogP contribution in [-0.4, -0.2) is 10.9 Å². The van der Waals surface area contributed by atoms with Crippen LogP contribution in [0, 0.1) is 11.2 Å². The number of halogens is 2. The van der Waals surface area contributed by atoms with Gasteiger partial charge in [0.25, 0.3) is 0 Å². The maximum absolute atomic E-state index is 13.1. The fourth-order valence-corrected chi connectivity index (χ4v) is 3.14. The van der Waals surface area contributed by atoms with E-state index in [2.05, 4.69) is 21.2 Å². The van der Waals surface area contributed by atoms with E-state index in [0.717, 1.165) is 12.8 Å². The molecule has 0 fully saturated rings. The molecule has 1 aromatic carbocycles. The summed E-state index contributed by atoms with van der Waals surface area (Å²) in [6.07, 6.45) is 2.80. The minimum absolute atomic E-state index is 0.210. The van der Waals surface area contributed by atoms with Crippen LogP contribution < -0.4 is 11.1 Å². The number of hydrogen-bond donors (Lipinski definition) is 2. The molecule has 0 saturated carbocycles. The van der Waals surface area contributed by atoms with Gasteiger partial charge in [0.05, 0.1) is 16.1 Å². The van der Waals surface area contributed by atoms with Gasteiger partial charge in [-0.25, -0.2) is 4.39 Å². The first-order chi connectivity index (χ1) is 9.87. The summed E-state index contributed by atoms with van der Waals surface area (Å²) in [7, 11) is 0. The predicted molar refractivity (Wildman–Crippen MR) is 91.8 cm³/mol. The number of carbonyl (C=O) groups is 1. The van der Waals surface area contributed by atoms with Gasteiger partial charge in [-0.1, -0.05) is 38.9 Å². The quantitative estimate of drug-likeness (QED) is 0.695. The van der Waals surface area contributed by atoms with Crippen LogP contribution in [0.4, 0.5) is 10.1 Å². The second-order valence-electron chi connectivity index (χ2n) is 5.02. The van der Waals surface area contributed by atoms with Crippen LogP contribution in [0.3, 0.4) is 0 Å². The molecule has 116 valence electrons. The van der Waals surface area contributed by atoms with Crippen molar-refractivity contribution in [3.05, 3.63) is 28.5 Å². The fourth-order valence-electron chi connectivity index (χ4n) is 2.40. The molecule has 0 spiro atoms. The molecular formula is C15H20BrFN2OS. The van der Waals surface area contributed by atoms with Crippen LogP contribution in [-0.2, 0) is 4.79 Å². The number of nitrogens with one attached hydrogen (secondary N) is 1. The number of amides is 1. The molecule has 1 amide bonds. The maximum Gasteiger partial charge on any atom is 0.237 e. The van der Waals surface area contributed by atoms with Crippen LogP contribution in [0.2, 0.25) is 0 Å². The molecule has 3 N–H and O–H groups in total. The molecule has 6 heteroatoms. The molecule has 0 saturated heterocycles. The van der Waals surface area contributed by atoms with E-state index in [-0.39, 0.29) is 16.7 Å². The Morgan fingerprint density at radius 2 is 1.95 bits per heavy atom. The number of rotatable bonds is 7. The zero-order chi connectivity index (χ0) is 16.0. The van der Waals surface area contributed by atoms with E-state index >= 15 is 0 Å². The zero-order valence-corrected chi connectivity index (χ0v) is 14.6. The minimum atomic E-state index is -0.855. The molecule has 0 aliphatic rings. The van der Waals surface area contributed by atoms with Crippen molar-refractivity contribution in [2.75, 3.05) is 5.32 Å². The molecule has 0 atom stereocenters. The maximum atomic E-state index is 13.1. The summed E-state index contributed by atoms with van der Waals surface area (Å²) < 4.78 is 13.6. The lowest BCUT2D eigenvalue weighted by molar-refractivity contribution is -0.122. The number of nitrogens with two attached hydrogens (primary N) is 1. The van der Waals surface area contributed by atoms with Gasteiger partial charge in [0.1, 0.15) is 5.82 Å². The highest BCUT2D eigenvalue weighted by molar-refractivity contribution is 9.10. The Hall–Kier alpha value is -1.01. The average molecular weight is 375 g/mol. The van der Waals surface area contributed by atoms with Crippen molar-refractivity contribution in [2.24, 2.45) is 11.1 Å². The predicted octanol–water partition coefficient (Wildman–Crippen LogP) is 4.40. The van der Waals surface area contributed by atoms with Gasteiger partial charge >= 0.3 is 0 Å². The standard InChI is InChI=1S/C15H20BrFN2OS/c1-3-7-15(8-4-2,13(18)21)14(20)19-12-6-5-10(17)9-11(12)16/h5-6,9H,3-4,7-8H2,1-2H3,(H2,18,21)(H,19,20). The van der Waals surface area contributed by atoms with Crippen LogP contribution >= 0.6 is 28.1 Å². The SMILES string of the molecule is CCCC(CCC)(C(=O)Nc1ccc(F)cc1Br)C(N)=S. The number of anilines is 1. The van der Waals surface area contributed by atoms with Gasteiger partial charge < -0.3 is 11.1 Å². The molecule has 21 heavy (non-hydrogen) atoms. The van der Waals surface area contributed by atoms with Gasteiger partial charge in [-0.15, -0.1) is 0 Å². The smallest absolute Gasteiger partial charge is 0.237 e. The molecule has 0 aliphatic carbocycles. The lowest BCUT2D eigenvalue weighted by Gasteiger charge is -2.31. The van der Waals surface area contributed by atoms with Crippen molar-refractivity contribution in [1.82, 2.24) is 0 Å². The van der Waals surface area contributed by atoms with Crippen molar-refractivity contribution in [2.45, 2.75) is 39.5 Å². The summed E-state index contributed by atoms with van der Waals surface area (Å²) in [5.74, 6) is -0.603. The molecule has 0 aliphatic heterocycles. The second-order valence-corrected chi connectivity index (χ2v) is 6.32. The summed E-state index contributed by atoms with van der Waals surface area (Å²) in [5.41, 5.74) is 5.51. The molecule has 0 radical (unpaired) electrons. The molecule has 0 bridgehead atoms. The molecule has 1 rings (SSSR count). The molecule has 0 heterocycles. The number of thiocarbonyl (C=S) groups is 1. The van der Waals surface area contributed by atoms with E-state index in [0.29, 0.717) is 23.0 Å². The van der Waals surface area contributed by atoms with E-state index in [4.69, 9.17) is 18.0 Å². The van der Waals surface area contributed by atoms with Crippen molar-refractivity contribution in [3.8, 4) is 0 Å². The van der Waals surface area contributed by atoms with Crippen LogP contribution in [0.25, 0.3) is 0 Å². The summed E-state index contributed by atoms with van der Waals surface area (Å²) in [5, 5.41) is 2.81. The summed E-state index contributed by atoms with van der Waals surface area (Å²) >= 11 is 8.39. The highest BCUT2D eigenvalue weighted by Crippen LogP contribution is 2.33. The monoisotopic (exact) mass is 374 g/mol. The van der Waals surface area contributed by atoms with Crippen molar-refractivity contribution < 1.29 is 9.18 Å². The van der Waals surface area contributed by atoms with Crippen LogP contribution in [0.1, 0.15) is 39.5 Å². The Morgan fingerprint density at radius 3 is 2.38 bits per heavy atom. The lowest BCUT2D eigenvalue weighted by Crippen LogP contribution is -2.46. The van der Waals surface area contributed by atoms with Gasteiger partial charge in [0.2, 0.25) is 5.91 Å². The normalized spacial score (nSPS) is 11.2. The Morgan fingerprint density at radius 1 is 1.38 bits per heavy atom. The third kappa shape index (κ3) is 4.23. The first kappa shape index (κ1) is 18.0. The zero-order valence-electron chi connectivity index (χ0n) is 12.2. The van der Waals surface area contributed by atoms with E-state index in [1.165, 1.54) is 18.2 Å². The average Bonchev–Trinajstić information content (AvgIpc) is 2.41. The van der Waals surface area contributed by atoms with Gasteiger partial charge in [-0.2, -0.15) is 0 Å². The fraction of sp³-hybridized carbons (Fsp3) is 0.467. The molecule has 0 aromatic heterocycles. The van der Waals surface area contributed by atoms with Crippen molar-refractivity contribution in [1.29, 1.82) is 0 Å². The van der Waals surface area contributed by atoms with Crippen molar-refractivity contribution >= 4 is 44.7 Å². The van der Waals surface area contributed by atoms with Gasteiger partial charge in [0.15, 0.2) is 0 Å². The highest BCUT2D eigenvalue weighted by atomic mass is 79.9. The Bertz CT molecular complexity index is 530. The molecule has 1 aromatic rings.